The summed E-state index contributed by atoms with van der Waals surface area (Å²) in [5.74, 6) is -0.660. The van der Waals surface area contributed by atoms with Gasteiger partial charge in [0.15, 0.2) is 0 Å². The molecule has 1 aromatic rings. The van der Waals surface area contributed by atoms with Crippen LogP contribution in [-0.4, -0.2) is 23.5 Å². The first-order valence-electron chi connectivity index (χ1n) is 7.78. The normalized spacial score (nSPS) is 15.9. The Labute approximate surface area is 131 Å². The highest BCUT2D eigenvalue weighted by atomic mass is 16.4. The van der Waals surface area contributed by atoms with Crippen molar-refractivity contribution < 1.29 is 14.7 Å². The molecule has 0 saturated carbocycles. The van der Waals surface area contributed by atoms with E-state index in [-0.39, 0.29) is 12.3 Å². The van der Waals surface area contributed by atoms with Gasteiger partial charge in [0.2, 0.25) is 5.91 Å². The predicted octanol–water partition coefficient (Wildman–Crippen LogP) is 2.93. The van der Waals surface area contributed by atoms with E-state index in [9.17, 15) is 9.59 Å². The topological polar surface area (TPSA) is 83.6 Å². The van der Waals surface area contributed by atoms with Gasteiger partial charge in [0, 0.05) is 29.9 Å². The summed E-state index contributed by atoms with van der Waals surface area (Å²) in [6.45, 7) is 4.49. The summed E-state index contributed by atoms with van der Waals surface area (Å²) in [7, 11) is 0. The van der Waals surface area contributed by atoms with Gasteiger partial charge in [0.1, 0.15) is 0 Å². The van der Waals surface area contributed by atoms with E-state index < -0.39 is 11.4 Å². The SMILES string of the molecule is CC1(C)C(=O)N(CCCCCCC(=O)O)c2cccc(N)c21. The highest BCUT2D eigenvalue weighted by Crippen LogP contribution is 2.44. The van der Waals surface area contributed by atoms with Crippen LogP contribution >= 0.6 is 0 Å². The molecule has 0 radical (unpaired) electrons. The maximum Gasteiger partial charge on any atom is 0.303 e. The van der Waals surface area contributed by atoms with Crippen molar-refractivity contribution in [3.8, 4) is 0 Å². The quantitative estimate of drug-likeness (QED) is 0.599. The highest BCUT2D eigenvalue weighted by Gasteiger charge is 2.44. The van der Waals surface area contributed by atoms with Gasteiger partial charge in [-0.15, -0.1) is 0 Å². The monoisotopic (exact) mass is 304 g/mol. The van der Waals surface area contributed by atoms with Crippen molar-refractivity contribution in [2.24, 2.45) is 0 Å². The molecular formula is C17H24N2O3. The predicted molar refractivity (Wildman–Crippen MR) is 87.0 cm³/mol. The fourth-order valence-corrected chi connectivity index (χ4v) is 3.14. The number of amides is 1. The Kier molecular flexibility index (Phi) is 4.74. The molecule has 1 aliphatic rings. The number of fused-ring (bicyclic) bond motifs is 1. The number of nitrogens with two attached hydrogens (primary N) is 1. The number of hydrogen-bond donors (Lipinski definition) is 2. The Bertz CT molecular complexity index is 581. The number of carbonyl (C=O) groups is 2. The van der Waals surface area contributed by atoms with Crippen LogP contribution in [0.25, 0.3) is 0 Å². The number of nitrogens with zero attached hydrogens (tertiary/aromatic N) is 1. The van der Waals surface area contributed by atoms with Crippen LogP contribution in [-0.2, 0) is 15.0 Å². The molecule has 3 N–H and O–H groups in total. The van der Waals surface area contributed by atoms with Crippen molar-refractivity contribution in [3.05, 3.63) is 23.8 Å². The lowest BCUT2D eigenvalue weighted by Gasteiger charge is -2.20. The average Bonchev–Trinajstić information content (AvgIpc) is 2.63. The van der Waals surface area contributed by atoms with Crippen LogP contribution in [0.4, 0.5) is 11.4 Å². The van der Waals surface area contributed by atoms with Gasteiger partial charge in [-0.05, 0) is 38.8 Å². The molecule has 0 unspecified atom stereocenters. The fraction of sp³-hybridized carbons (Fsp3) is 0.529. The largest absolute Gasteiger partial charge is 0.481 e. The number of carbonyl (C=O) groups excluding carboxylic acids is 1. The summed E-state index contributed by atoms with van der Waals surface area (Å²) in [5.41, 5.74) is 7.99. The lowest BCUT2D eigenvalue weighted by Crippen LogP contribution is -2.36. The van der Waals surface area contributed by atoms with Crippen molar-refractivity contribution in [1.29, 1.82) is 0 Å². The molecule has 0 aromatic heterocycles. The van der Waals surface area contributed by atoms with E-state index in [1.165, 1.54) is 0 Å². The minimum atomic E-state index is -0.749. The van der Waals surface area contributed by atoms with Gasteiger partial charge in [-0.2, -0.15) is 0 Å². The van der Waals surface area contributed by atoms with Crippen molar-refractivity contribution in [2.75, 3.05) is 17.2 Å². The maximum absolute atomic E-state index is 12.6. The maximum atomic E-state index is 12.6. The van der Waals surface area contributed by atoms with Gasteiger partial charge >= 0.3 is 5.97 Å². The van der Waals surface area contributed by atoms with Crippen LogP contribution in [0, 0.1) is 0 Å². The second-order valence-electron chi connectivity index (χ2n) is 6.38. The average molecular weight is 304 g/mol. The first-order valence-corrected chi connectivity index (χ1v) is 7.78. The van der Waals surface area contributed by atoms with Gasteiger partial charge < -0.3 is 15.7 Å². The van der Waals surface area contributed by atoms with Gasteiger partial charge in [-0.3, -0.25) is 9.59 Å². The molecule has 1 aromatic carbocycles. The molecule has 1 aliphatic heterocycles. The van der Waals surface area contributed by atoms with E-state index in [4.69, 9.17) is 10.8 Å². The number of aliphatic carboxylic acids is 1. The minimum Gasteiger partial charge on any atom is -0.481 e. The van der Waals surface area contributed by atoms with Crippen molar-refractivity contribution in [2.45, 2.75) is 51.4 Å². The Hall–Kier alpha value is -2.04. The first-order chi connectivity index (χ1) is 10.4. The minimum absolute atomic E-state index is 0.0888. The number of rotatable bonds is 7. The number of benzene rings is 1. The third-order valence-corrected chi connectivity index (χ3v) is 4.29. The number of carboxylic acid groups (broad SMARTS) is 1. The van der Waals surface area contributed by atoms with Crippen LogP contribution in [0.5, 0.6) is 0 Å². The summed E-state index contributed by atoms with van der Waals surface area (Å²) in [4.78, 5) is 24.9. The zero-order valence-corrected chi connectivity index (χ0v) is 13.3. The summed E-state index contributed by atoms with van der Waals surface area (Å²) in [6, 6.07) is 5.66. The second-order valence-corrected chi connectivity index (χ2v) is 6.38. The molecule has 5 nitrogen and oxygen atoms in total. The van der Waals surface area contributed by atoms with Crippen molar-refractivity contribution >= 4 is 23.3 Å². The standard InChI is InChI=1S/C17H24N2O3/c1-17(2)15-12(18)8-7-9-13(15)19(16(17)22)11-6-4-3-5-10-14(20)21/h7-9H,3-6,10-11,18H2,1-2H3,(H,20,21). The second kappa shape index (κ2) is 6.38. The van der Waals surface area contributed by atoms with Crippen LogP contribution in [0.3, 0.4) is 0 Å². The zero-order valence-electron chi connectivity index (χ0n) is 13.3. The summed E-state index contributed by atoms with van der Waals surface area (Å²) in [5, 5.41) is 8.61. The Morgan fingerprint density at radius 1 is 1.23 bits per heavy atom. The molecule has 0 bridgehead atoms. The fourth-order valence-electron chi connectivity index (χ4n) is 3.14. The van der Waals surface area contributed by atoms with Gasteiger partial charge in [-0.1, -0.05) is 18.9 Å². The number of anilines is 2. The molecule has 22 heavy (non-hydrogen) atoms. The van der Waals surface area contributed by atoms with E-state index in [1.54, 1.807) is 0 Å². The van der Waals surface area contributed by atoms with Gasteiger partial charge in [0.05, 0.1) is 5.41 Å². The molecular weight excluding hydrogens is 280 g/mol. The zero-order chi connectivity index (χ0) is 16.3. The molecule has 1 amide bonds. The van der Waals surface area contributed by atoms with Crippen LogP contribution in [0.1, 0.15) is 51.5 Å². The van der Waals surface area contributed by atoms with E-state index in [0.717, 1.165) is 30.5 Å². The third kappa shape index (κ3) is 3.08. The molecule has 2 rings (SSSR count). The van der Waals surface area contributed by atoms with E-state index in [2.05, 4.69) is 0 Å². The molecule has 0 atom stereocenters. The van der Waals surface area contributed by atoms with E-state index in [0.29, 0.717) is 18.7 Å². The van der Waals surface area contributed by atoms with Crippen LogP contribution in [0.2, 0.25) is 0 Å². The molecule has 0 fully saturated rings. The molecule has 0 saturated heterocycles. The highest BCUT2D eigenvalue weighted by molar-refractivity contribution is 6.09. The Morgan fingerprint density at radius 2 is 1.91 bits per heavy atom. The molecule has 120 valence electrons. The smallest absolute Gasteiger partial charge is 0.303 e. The van der Waals surface area contributed by atoms with Crippen molar-refractivity contribution in [1.82, 2.24) is 0 Å². The summed E-state index contributed by atoms with van der Waals surface area (Å²) < 4.78 is 0. The summed E-state index contributed by atoms with van der Waals surface area (Å²) >= 11 is 0. The Balaban J connectivity index is 1.97. The lowest BCUT2D eigenvalue weighted by atomic mass is 9.85. The Morgan fingerprint density at radius 3 is 2.59 bits per heavy atom. The van der Waals surface area contributed by atoms with Gasteiger partial charge in [-0.25, -0.2) is 0 Å². The molecule has 1 heterocycles. The van der Waals surface area contributed by atoms with Gasteiger partial charge in [0.25, 0.3) is 0 Å². The number of unbranched alkanes of at least 4 members (excludes halogenated alkanes) is 3. The lowest BCUT2D eigenvalue weighted by molar-refractivity contribution is -0.137. The van der Waals surface area contributed by atoms with Crippen LogP contribution < -0.4 is 10.6 Å². The number of nitrogen functional groups attached to an aromatic ring is 1. The molecule has 5 heteroatoms. The van der Waals surface area contributed by atoms with E-state index >= 15 is 0 Å². The third-order valence-electron chi connectivity index (χ3n) is 4.29. The molecule has 0 spiro atoms. The number of carboxylic acids is 1. The van der Waals surface area contributed by atoms with Crippen LogP contribution in [0.15, 0.2) is 18.2 Å². The molecule has 0 aliphatic carbocycles. The first kappa shape index (κ1) is 16.3. The number of hydrogen-bond acceptors (Lipinski definition) is 3. The van der Waals surface area contributed by atoms with Crippen molar-refractivity contribution in [3.63, 3.8) is 0 Å². The van der Waals surface area contributed by atoms with E-state index in [1.807, 2.05) is 36.9 Å². The summed E-state index contributed by atoms with van der Waals surface area (Å²) in [6.07, 6.45) is 3.58.